The standard InChI is InChI=1S/C11H25P.ClH/c1-5-6-7-8-9-10(2)11(3,4)12;/h10H,5-9,12H2,1-4H3;1H. The molecule has 0 aromatic rings. The molecule has 2 unspecified atom stereocenters. The van der Waals surface area contributed by atoms with Crippen molar-refractivity contribution in [1.29, 1.82) is 0 Å². The zero-order valence-corrected chi connectivity index (χ0v) is 11.6. The van der Waals surface area contributed by atoms with Crippen LogP contribution in [0.25, 0.3) is 0 Å². The molecule has 0 aliphatic carbocycles. The normalized spacial score (nSPS) is 13.6. The summed E-state index contributed by atoms with van der Waals surface area (Å²) in [5, 5.41) is 0.423. The second-order valence-electron chi connectivity index (χ2n) is 4.57. The van der Waals surface area contributed by atoms with Gasteiger partial charge in [-0.05, 0) is 17.5 Å². The number of rotatable bonds is 6. The lowest BCUT2D eigenvalue weighted by atomic mass is 9.91. The van der Waals surface area contributed by atoms with E-state index in [-0.39, 0.29) is 12.4 Å². The van der Waals surface area contributed by atoms with Gasteiger partial charge < -0.3 is 0 Å². The van der Waals surface area contributed by atoms with Crippen LogP contribution in [-0.2, 0) is 0 Å². The third-order valence-corrected chi connectivity index (χ3v) is 3.33. The van der Waals surface area contributed by atoms with E-state index in [0.29, 0.717) is 5.16 Å². The molecule has 0 rings (SSSR count). The third-order valence-electron chi connectivity index (χ3n) is 2.76. The first-order chi connectivity index (χ1) is 5.48. The predicted octanol–water partition coefficient (Wildman–Crippen LogP) is 4.67. The predicted molar refractivity (Wildman–Crippen MR) is 69.0 cm³/mol. The summed E-state index contributed by atoms with van der Waals surface area (Å²) < 4.78 is 0. The van der Waals surface area contributed by atoms with E-state index in [1.165, 1.54) is 32.1 Å². The molecule has 0 aliphatic rings. The molecule has 0 aromatic carbocycles. The van der Waals surface area contributed by atoms with Gasteiger partial charge in [-0.2, -0.15) is 0 Å². The summed E-state index contributed by atoms with van der Waals surface area (Å²) in [7, 11) is 2.95. The van der Waals surface area contributed by atoms with Gasteiger partial charge in [0.15, 0.2) is 0 Å². The van der Waals surface area contributed by atoms with Crippen molar-refractivity contribution in [3.63, 3.8) is 0 Å². The molecule has 0 aromatic heterocycles. The van der Waals surface area contributed by atoms with Crippen LogP contribution < -0.4 is 0 Å². The van der Waals surface area contributed by atoms with Crippen molar-refractivity contribution in [2.75, 3.05) is 0 Å². The largest absolute Gasteiger partial charge is 0.147 e. The van der Waals surface area contributed by atoms with Crippen LogP contribution in [0.3, 0.4) is 0 Å². The number of unbranched alkanes of at least 4 members (excludes halogenated alkanes) is 3. The van der Waals surface area contributed by atoms with E-state index < -0.39 is 0 Å². The first kappa shape index (κ1) is 16.2. The molecule has 82 valence electrons. The molecule has 0 bridgehead atoms. The summed E-state index contributed by atoms with van der Waals surface area (Å²) in [6.45, 7) is 9.24. The maximum Gasteiger partial charge on any atom is -0.0181 e. The Bertz CT molecular complexity index is 107. The smallest absolute Gasteiger partial charge is 0.0181 e. The van der Waals surface area contributed by atoms with E-state index in [9.17, 15) is 0 Å². The first-order valence-electron chi connectivity index (χ1n) is 5.27. The van der Waals surface area contributed by atoms with Gasteiger partial charge >= 0.3 is 0 Å². The quantitative estimate of drug-likeness (QED) is 0.455. The molecule has 13 heavy (non-hydrogen) atoms. The highest BCUT2D eigenvalue weighted by molar-refractivity contribution is 7.18. The van der Waals surface area contributed by atoms with E-state index in [4.69, 9.17) is 0 Å². The lowest BCUT2D eigenvalue weighted by Gasteiger charge is -2.26. The Labute approximate surface area is 92.9 Å². The molecule has 0 saturated carbocycles. The van der Waals surface area contributed by atoms with E-state index in [2.05, 4.69) is 36.9 Å². The Kier molecular flexibility index (Phi) is 10.0. The molecule has 0 nitrogen and oxygen atoms in total. The fraction of sp³-hybridized carbons (Fsp3) is 1.00. The van der Waals surface area contributed by atoms with Crippen LogP contribution in [0.5, 0.6) is 0 Å². The lowest BCUT2D eigenvalue weighted by molar-refractivity contribution is 0.408. The van der Waals surface area contributed by atoms with Crippen LogP contribution in [-0.4, -0.2) is 5.16 Å². The van der Waals surface area contributed by atoms with E-state index in [1.807, 2.05) is 0 Å². The maximum atomic E-state index is 2.95. The second kappa shape index (κ2) is 8.06. The van der Waals surface area contributed by atoms with Crippen LogP contribution >= 0.6 is 21.6 Å². The minimum Gasteiger partial charge on any atom is -0.147 e. The van der Waals surface area contributed by atoms with Gasteiger partial charge in [-0.25, -0.2) is 0 Å². The summed E-state index contributed by atoms with van der Waals surface area (Å²) >= 11 is 0. The SMILES string of the molecule is CCCCCCC(C)C(C)(C)P.Cl. The Balaban J connectivity index is 0. The number of halogens is 1. The van der Waals surface area contributed by atoms with Gasteiger partial charge in [0.05, 0.1) is 0 Å². The average molecular weight is 225 g/mol. The molecule has 0 amide bonds. The van der Waals surface area contributed by atoms with Crippen molar-refractivity contribution in [3.05, 3.63) is 0 Å². The van der Waals surface area contributed by atoms with Crippen molar-refractivity contribution < 1.29 is 0 Å². The van der Waals surface area contributed by atoms with Gasteiger partial charge in [-0.15, -0.1) is 21.6 Å². The number of hydrogen-bond acceptors (Lipinski definition) is 0. The molecule has 0 heterocycles. The molecular weight excluding hydrogens is 199 g/mol. The van der Waals surface area contributed by atoms with E-state index >= 15 is 0 Å². The zero-order chi connectivity index (χ0) is 9.61. The van der Waals surface area contributed by atoms with Crippen molar-refractivity contribution in [3.8, 4) is 0 Å². The van der Waals surface area contributed by atoms with Gasteiger partial charge in [0.25, 0.3) is 0 Å². The average Bonchev–Trinajstić information content (AvgIpc) is 1.96. The minimum atomic E-state index is 0. The van der Waals surface area contributed by atoms with E-state index in [0.717, 1.165) is 5.92 Å². The van der Waals surface area contributed by atoms with Crippen LogP contribution in [0.15, 0.2) is 0 Å². The summed E-state index contributed by atoms with van der Waals surface area (Å²) in [6.07, 6.45) is 6.97. The summed E-state index contributed by atoms with van der Waals surface area (Å²) in [4.78, 5) is 0. The van der Waals surface area contributed by atoms with Gasteiger partial charge in [0, 0.05) is 0 Å². The molecule has 0 radical (unpaired) electrons. The van der Waals surface area contributed by atoms with Crippen LogP contribution in [0.4, 0.5) is 0 Å². The molecule has 0 spiro atoms. The monoisotopic (exact) mass is 224 g/mol. The molecule has 2 heteroatoms. The minimum absolute atomic E-state index is 0. The van der Waals surface area contributed by atoms with Crippen molar-refractivity contribution >= 4 is 21.6 Å². The molecule has 0 N–H and O–H groups in total. The van der Waals surface area contributed by atoms with Crippen molar-refractivity contribution in [1.82, 2.24) is 0 Å². The highest BCUT2D eigenvalue weighted by Crippen LogP contribution is 2.30. The highest BCUT2D eigenvalue weighted by Gasteiger charge is 2.18. The molecule has 2 atom stereocenters. The topological polar surface area (TPSA) is 0 Å². The molecule has 0 aliphatic heterocycles. The van der Waals surface area contributed by atoms with Crippen molar-refractivity contribution in [2.24, 2.45) is 5.92 Å². The molecule has 0 fully saturated rings. The lowest BCUT2D eigenvalue weighted by Crippen LogP contribution is -2.20. The summed E-state index contributed by atoms with van der Waals surface area (Å²) in [6, 6.07) is 0. The number of hydrogen-bond donors (Lipinski definition) is 0. The van der Waals surface area contributed by atoms with Crippen molar-refractivity contribution in [2.45, 2.75) is 65.0 Å². The summed E-state index contributed by atoms with van der Waals surface area (Å²) in [5.74, 6) is 0.833. The van der Waals surface area contributed by atoms with Crippen LogP contribution in [0.1, 0.15) is 59.8 Å². The van der Waals surface area contributed by atoms with Gasteiger partial charge in [0.2, 0.25) is 0 Å². The Morgan fingerprint density at radius 2 is 1.69 bits per heavy atom. The van der Waals surface area contributed by atoms with Gasteiger partial charge in [-0.3, -0.25) is 0 Å². The molecular formula is C11H26ClP. The Hall–Kier alpha value is 0.720. The Morgan fingerprint density at radius 3 is 2.08 bits per heavy atom. The molecule has 0 saturated heterocycles. The Morgan fingerprint density at radius 1 is 1.15 bits per heavy atom. The zero-order valence-electron chi connectivity index (χ0n) is 9.60. The fourth-order valence-electron chi connectivity index (χ4n) is 1.25. The maximum absolute atomic E-state index is 2.95. The van der Waals surface area contributed by atoms with E-state index in [1.54, 1.807) is 0 Å². The highest BCUT2D eigenvalue weighted by atomic mass is 35.5. The second-order valence-corrected chi connectivity index (χ2v) is 6.06. The fourth-order valence-corrected chi connectivity index (χ4v) is 1.42. The summed E-state index contributed by atoms with van der Waals surface area (Å²) in [5.41, 5.74) is 0. The first-order valence-corrected chi connectivity index (χ1v) is 5.85. The third kappa shape index (κ3) is 9.03. The van der Waals surface area contributed by atoms with Gasteiger partial charge in [0.1, 0.15) is 0 Å². The van der Waals surface area contributed by atoms with Gasteiger partial charge in [-0.1, -0.05) is 53.4 Å². The van der Waals surface area contributed by atoms with Crippen LogP contribution in [0.2, 0.25) is 0 Å². The van der Waals surface area contributed by atoms with Crippen LogP contribution in [0, 0.1) is 5.92 Å².